The van der Waals surface area contributed by atoms with Gasteiger partial charge in [0.1, 0.15) is 0 Å². The molecule has 27 heavy (non-hydrogen) atoms. The highest BCUT2D eigenvalue weighted by Crippen LogP contribution is 2.33. The van der Waals surface area contributed by atoms with Gasteiger partial charge < -0.3 is 24.3 Å². The second-order valence-electron chi connectivity index (χ2n) is 6.35. The molecule has 0 radical (unpaired) electrons. The highest BCUT2D eigenvalue weighted by molar-refractivity contribution is 5.79. The van der Waals surface area contributed by atoms with E-state index in [1.807, 2.05) is 38.5 Å². The van der Waals surface area contributed by atoms with Gasteiger partial charge in [-0.3, -0.25) is 4.99 Å². The highest BCUT2D eigenvalue weighted by atomic mass is 16.5. The topological polar surface area (TPSA) is 51.0 Å². The second-order valence-corrected chi connectivity index (χ2v) is 6.35. The summed E-state index contributed by atoms with van der Waals surface area (Å²) in [6.45, 7) is 5.24. The first-order valence-electron chi connectivity index (χ1n) is 8.90. The van der Waals surface area contributed by atoms with Crippen molar-refractivity contribution in [1.82, 2.24) is 14.8 Å². The zero-order valence-corrected chi connectivity index (χ0v) is 17.0. The van der Waals surface area contributed by atoms with E-state index in [4.69, 9.17) is 9.47 Å². The number of aromatic nitrogens is 1. The zero-order valence-electron chi connectivity index (χ0n) is 17.0. The molecule has 0 atom stereocenters. The van der Waals surface area contributed by atoms with Crippen LogP contribution >= 0.6 is 0 Å². The minimum Gasteiger partial charge on any atom is -0.493 e. The molecule has 2 rings (SSSR count). The first-order valence-corrected chi connectivity index (χ1v) is 8.90. The van der Waals surface area contributed by atoms with Crippen LogP contribution in [-0.2, 0) is 26.6 Å². The van der Waals surface area contributed by atoms with Gasteiger partial charge in [-0.05, 0) is 36.2 Å². The van der Waals surface area contributed by atoms with Gasteiger partial charge in [-0.2, -0.15) is 0 Å². The molecule has 6 heteroatoms. The molecule has 0 spiro atoms. The Balaban J connectivity index is 2.12. The van der Waals surface area contributed by atoms with Crippen molar-refractivity contribution in [2.24, 2.45) is 12.0 Å². The monoisotopic (exact) mass is 370 g/mol. The maximum absolute atomic E-state index is 5.50. The predicted octanol–water partition coefficient (Wildman–Crippen LogP) is 2.98. The van der Waals surface area contributed by atoms with Gasteiger partial charge in [0.2, 0.25) is 0 Å². The van der Waals surface area contributed by atoms with Crippen molar-refractivity contribution in [3.8, 4) is 11.5 Å². The fourth-order valence-electron chi connectivity index (χ4n) is 3.06. The zero-order chi connectivity index (χ0) is 19.8. The molecule has 6 nitrogen and oxygen atoms in total. The summed E-state index contributed by atoms with van der Waals surface area (Å²) < 4.78 is 13.1. The fraction of sp³-hybridized carbons (Fsp3) is 0.381. The van der Waals surface area contributed by atoms with E-state index in [-0.39, 0.29) is 0 Å². The number of hydrogen-bond acceptors (Lipinski definition) is 3. The number of allylic oxidation sites excluding steroid dienone is 1. The van der Waals surface area contributed by atoms with Crippen molar-refractivity contribution in [2.45, 2.75) is 19.5 Å². The van der Waals surface area contributed by atoms with Crippen molar-refractivity contribution in [3.05, 3.63) is 59.9 Å². The Labute approximate surface area is 162 Å². The molecule has 1 aromatic heterocycles. The molecule has 146 valence electrons. The molecule has 0 aliphatic heterocycles. The largest absolute Gasteiger partial charge is 0.493 e. The molecule has 0 fully saturated rings. The molecule has 1 N–H and O–H groups in total. The molecule has 0 saturated heterocycles. The van der Waals surface area contributed by atoms with Crippen LogP contribution in [0.5, 0.6) is 11.5 Å². The summed E-state index contributed by atoms with van der Waals surface area (Å²) in [7, 11) is 9.17. The third-order valence-corrected chi connectivity index (χ3v) is 4.45. The van der Waals surface area contributed by atoms with Crippen molar-refractivity contribution >= 4 is 5.96 Å². The van der Waals surface area contributed by atoms with Crippen LogP contribution < -0.4 is 14.8 Å². The molecule has 0 amide bonds. The lowest BCUT2D eigenvalue weighted by Crippen LogP contribution is -2.38. The van der Waals surface area contributed by atoms with E-state index in [0.29, 0.717) is 6.54 Å². The molecule has 0 aliphatic rings. The number of aliphatic imine (C=N–C) groups is 1. The highest BCUT2D eigenvalue weighted by Gasteiger charge is 2.13. The summed E-state index contributed by atoms with van der Waals surface area (Å²) in [5.41, 5.74) is 3.37. The number of nitrogens with one attached hydrogen (secondary N) is 1. The second kappa shape index (κ2) is 9.71. The van der Waals surface area contributed by atoms with Crippen LogP contribution in [0, 0.1) is 0 Å². The maximum Gasteiger partial charge on any atom is 0.194 e. The van der Waals surface area contributed by atoms with E-state index in [2.05, 4.69) is 38.5 Å². The van der Waals surface area contributed by atoms with Gasteiger partial charge in [-0.1, -0.05) is 6.08 Å². The molecule has 1 aromatic carbocycles. The van der Waals surface area contributed by atoms with Crippen molar-refractivity contribution < 1.29 is 9.47 Å². The molecule has 1 heterocycles. The number of aryl methyl sites for hydroxylation is 1. The van der Waals surface area contributed by atoms with Crippen LogP contribution in [0.15, 0.2) is 48.1 Å². The standard InChI is InChI=1S/C21H30N4O2/c1-7-9-17-12-16(13-19(26-5)20(17)27-6)14-23-21(22-2)25(4)15-18-10-8-11-24(18)3/h7-8,10-13H,1,9,14-15H2,2-6H3,(H,22,23). The van der Waals surface area contributed by atoms with Gasteiger partial charge >= 0.3 is 0 Å². The van der Waals surface area contributed by atoms with Gasteiger partial charge in [0.25, 0.3) is 0 Å². The molecule has 0 bridgehead atoms. The molecular weight excluding hydrogens is 340 g/mol. The summed E-state index contributed by atoms with van der Waals surface area (Å²) in [6.07, 6.45) is 4.63. The van der Waals surface area contributed by atoms with Gasteiger partial charge in [0.05, 0.1) is 20.8 Å². The van der Waals surface area contributed by atoms with Gasteiger partial charge in [-0.15, -0.1) is 6.58 Å². The Kier molecular flexibility index (Phi) is 7.34. The normalized spacial score (nSPS) is 11.2. The van der Waals surface area contributed by atoms with Crippen molar-refractivity contribution in [3.63, 3.8) is 0 Å². The lowest BCUT2D eigenvalue weighted by Gasteiger charge is -2.23. The Morgan fingerprint density at radius 1 is 1.33 bits per heavy atom. The number of benzene rings is 1. The molecule has 0 unspecified atom stereocenters. The van der Waals surface area contributed by atoms with Crippen molar-refractivity contribution in [1.29, 1.82) is 0 Å². The smallest absolute Gasteiger partial charge is 0.194 e. The number of ether oxygens (including phenoxy) is 2. The van der Waals surface area contributed by atoms with Gasteiger partial charge in [0.15, 0.2) is 17.5 Å². The van der Waals surface area contributed by atoms with Crippen LogP contribution in [0.3, 0.4) is 0 Å². The predicted molar refractivity (Wildman–Crippen MR) is 111 cm³/mol. The van der Waals surface area contributed by atoms with Gasteiger partial charge in [0, 0.05) is 45.1 Å². The quantitative estimate of drug-likeness (QED) is 0.441. The van der Waals surface area contributed by atoms with E-state index in [9.17, 15) is 0 Å². The molecule has 2 aromatic rings. The third-order valence-electron chi connectivity index (χ3n) is 4.45. The lowest BCUT2D eigenvalue weighted by molar-refractivity contribution is 0.351. The number of rotatable bonds is 8. The van der Waals surface area contributed by atoms with Crippen LogP contribution in [0.4, 0.5) is 0 Å². The fourth-order valence-corrected chi connectivity index (χ4v) is 3.06. The van der Waals surface area contributed by atoms with E-state index in [1.54, 1.807) is 21.3 Å². The first-order chi connectivity index (χ1) is 13.0. The SMILES string of the molecule is C=CCc1cc(CNC(=NC)N(C)Cc2cccn2C)cc(OC)c1OC. The van der Waals surface area contributed by atoms with E-state index >= 15 is 0 Å². The summed E-state index contributed by atoms with van der Waals surface area (Å²) in [6, 6.07) is 8.26. The number of nitrogens with zero attached hydrogens (tertiary/aromatic N) is 3. The summed E-state index contributed by atoms with van der Waals surface area (Å²) in [4.78, 5) is 6.50. The van der Waals surface area contributed by atoms with Crippen LogP contribution in [0.1, 0.15) is 16.8 Å². The summed E-state index contributed by atoms with van der Waals surface area (Å²) in [5, 5.41) is 3.42. The summed E-state index contributed by atoms with van der Waals surface area (Å²) >= 11 is 0. The van der Waals surface area contributed by atoms with Gasteiger partial charge in [-0.25, -0.2) is 0 Å². The summed E-state index contributed by atoms with van der Waals surface area (Å²) in [5.74, 6) is 2.31. The van der Waals surface area contributed by atoms with Crippen LogP contribution in [-0.4, -0.2) is 43.7 Å². The lowest BCUT2D eigenvalue weighted by atomic mass is 10.1. The van der Waals surface area contributed by atoms with Crippen LogP contribution in [0.25, 0.3) is 0 Å². The number of hydrogen-bond donors (Lipinski definition) is 1. The average Bonchev–Trinajstić information content (AvgIpc) is 3.06. The number of guanidine groups is 1. The molecular formula is C21H30N4O2. The minimum absolute atomic E-state index is 0.634. The Hall–Kier alpha value is -2.89. The van der Waals surface area contributed by atoms with E-state index < -0.39 is 0 Å². The Morgan fingerprint density at radius 2 is 2.11 bits per heavy atom. The maximum atomic E-state index is 5.50. The molecule has 0 aliphatic carbocycles. The van der Waals surface area contributed by atoms with E-state index in [1.165, 1.54) is 5.69 Å². The first kappa shape index (κ1) is 20.4. The van der Waals surface area contributed by atoms with Crippen molar-refractivity contribution in [2.75, 3.05) is 28.3 Å². The third kappa shape index (κ3) is 5.06. The average molecular weight is 370 g/mol. The Bertz CT molecular complexity index is 795. The number of methoxy groups -OCH3 is 2. The van der Waals surface area contributed by atoms with Crippen LogP contribution in [0.2, 0.25) is 0 Å². The molecule has 0 saturated carbocycles. The Morgan fingerprint density at radius 3 is 2.67 bits per heavy atom. The minimum atomic E-state index is 0.634. The van der Waals surface area contributed by atoms with E-state index in [0.717, 1.165) is 41.6 Å².